The SMILES string of the molecule is C=C1CC[C@@H]2[C@](C)(CO)CCC[C@@]2(C)[C@@H]1CC1[C@@]2(C(=O)OC[C@@H]2O)C2CCCN2[C@]12C(=O)N(C)c1ccccc12. The van der Waals surface area contributed by atoms with Crippen LogP contribution in [-0.4, -0.2) is 65.9 Å². The standard InChI is InChI=1S/C33H44N2O5/c1-20-12-13-24-30(2,19-36)14-8-15-31(24,3)22(20)17-25-32(27(37)18-40-29(32)39)26-11-7-16-35(26)33(25)21-9-5-6-10-23(21)34(4)28(33)38/h5-6,9-10,22,24-27,36-37H,1,7-8,11-19H2,2-4H3/t22-,24-,25?,26?,27+,30+,31+,32-,33+/m1/s1. The number of rotatable bonds is 3. The first-order chi connectivity index (χ1) is 19.1. The van der Waals surface area contributed by atoms with E-state index in [4.69, 9.17) is 4.74 Å². The number of hydrogen-bond donors (Lipinski definition) is 2. The molecule has 4 aliphatic heterocycles. The first-order valence-electron chi connectivity index (χ1n) is 15.4. The van der Waals surface area contributed by atoms with Gasteiger partial charge in [-0.2, -0.15) is 0 Å². The highest BCUT2D eigenvalue weighted by Crippen LogP contribution is 2.70. The van der Waals surface area contributed by atoms with E-state index in [1.165, 1.54) is 5.57 Å². The Morgan fingerprint density at radius 1 is 1.12 bits per heavy atom. The van der Waals surface area contributed by atoms with Gasteiger partial charge >= 0.3 is 5.97 Å². The molecular weight excluding hydrogens is 504 g/mol. The number of aliphatic hydroxyl groups excluding tert-OH is 2. The molecule has 2 unspecified atom stereocenters. The molecule has 1 amide bonds. The molecule has 7 nitrogen and oxygen atoms in total. The van der Waals surface area contributed by atoms with Crippen molar-refractivity contribution >= 4 is 17.6 Å². The van der Waals surface area contributed by atoms with E-state index in [0.717, 1.165) is 56.2 Å². The summed E-state index contributed by atoms with van der Waals surface area (Å²) in [4.78, 5) is 32.8. The second kappa shape index (κ2) is 8.65. The Hall–Kier alpha value is -2.22. The van der Waals surface area contributed by atoms with Crippen LogP contribution in [0.15, 0.2) is 36.4 Å². The normalized spacial score (nSPS) is 46.3. The Kier molecular flexibility index (Phi) is 5.77. The highest BCUT2D eigenvalue weighted by atomic mass is 16.6. The summed E-state index contributed by atoms with van der Waals surface area (Å²) in [5.74, 6) is -0.389. The van der Waals surface area contributed by atoms with Crippen molar-refractivity contribution in [3.05, 3.63) is 42.0 Å². The van der Waals surface area contributed by atoms with E-state index < -0.39 is 23.0 Å². The van der Waals surface area contributed by atoms with E-state index in [9.17, 15) is 19.8 Å². The maximum atomic E-state index is 14.7. The maximum absolute atomic E-state index is 14.7. The van der Waals surface area contributed by atoms with Crippen LogP contribution in [0, 0.1) is 34.0 Å². The Balaban J connectivity index is 1.44. The fourth-order valence-electron chi connectivity index (χ4n) is 11.2. The second-order valence-electron chi connectivity index (χ2n) is 14.3. The lowest BCUT2D eigenvalue weighted by Crippen LogP contribution is -2.57. The summed E-state index contributed by atoms with van der Waals surface area (Å²) in [6.45, 7) is 10.1. The minimum atomic E-state index is -1.16. The van der Waals surface area contributed by atoms with Crippen LogP contribution >= 0.6 is 0 Å². The minimum Gasteiger partial charge on any atom is -0.462 e. The number of amides is 1. The highest BCUT2D eigenvalue weighted by molar-refractivity contribution is 6.09. The predicted octanol–water partition coefficient (Wildman–Crippen LogP) is 4.02. The van der Waals surface area contributed by atoms with Crippen molar-refractivity contribution in [1.29, 1.82) is 0 Å². The molecule has 1 aromatic carbocycles. The molecule has 0 aromatic heterocycles. The quantitative estimate of drug-likeness (QED) is 0.438. The van der Waals surface area contributed by atoms with E-state index in [1.54, 1.807) is 4.90 Å². The Bertz CT molecular complexity index is 1280. The number of allylic oxidation sites excluding steroid dienone is 1. The van der Waals surface area contributed by atoms with Crippen LogP contribution in [0.3, 0.4) is 0 Å². The number of para-hydroxylation sites is 1. The van der Waals surface area contributed by atoms with E-state index in [2.05, 4.69) is 31.4 Å². The van der Waals surface area contributed by atoms with Crippen molar-refractivity contribution in [1.82, 2.24) is 4.90 Å². The molecule has 2 N–H and O–H groups in total. The van der Waals surface area contributed by atoms with Crippen LogP contribution in [0.1, 0.15) is 70.8 Å². The zero-order valence-electron chi connectivity index (χ0n) is 24.2. The van der Waals surface area contributed by atoms with Gasteiger partial charge in [0, 0.05) is 36.9 Å². The molecule has 0 radical (unpaired) electrons. The first-order valence-corrected chi connectivity index (χ1v) is 15.4. The molecule has 0 bridgehead atoms. The summed E-state index contributed by atoms with van der Waals surface area (Å²) < 4.78 is 5.70. The van der Waals surface area contributed by atoms with E-state index in [0.29, 0.717) is 18.9 Å². The minimum absolute atomic E-state index is 0.00124. The number of carbonyl (C=O) groups is 2. The van der Waals surface area contributed by atoms with Crippen molar-refractivity contribution < 1.29 is 24.5 Å². The number of fused-ring (bicyclic) bond motifs is 6. The number of esters is 1. The average molecular weight is 549 g/mol. The smallest absolute Gasteiger partial charge is 0.316 e. The molecule has 3 saturated heterocycles. The van der Waals surface area contributed by atoms with Crippen LogP contribution in [-0.2, 0) is 19.9 Å². The van der Waals surface area contributed by atoms with Gasteiger partial charge in [-0.25, -0.2) is 0 Å². The van der Waals surface area contributed by atoms with Gasteiger partial charge in [0.05, 0.1) is 0 Å². The third-order valence-corrected chi connectivity index (χ3v) is 12.9. The third-order valence-electron chi connectivity index (χ3n) is 12.9. The molecule has 1 aromatic rings. The zero-order valence-corrected chi connectivity index (χ0v) is 24.2. The Morgan fingerprint density at radius 3 is 2.62 bits per heavy atom. The molecule has 2 aliphatic carbocycles. The van der Waals surface area contributed by atoms with Gasteiger partial charge in [-0.05, 0) is 80.2 Å². The molecular formula is C33H44N2O5. The molecule has 4 heterocycles. The lowest BCUT2D eigenvalue weighted by molar-refractivity contribution is -0.153. The highest BCUT2D eigenvalue weighted by Gasteiger charge is 2.79. The van der Waals surface area contributed by atoms with Gasteiger partial charge in [0.1, 0.15) is 23.7 Å². The molecule has 216 valence electrons. The third kappa shape index (κ3) is 2.92. The van der Waals surface area contributed by atoms with Crippen molar-refractivity contribution in [2.75, 3.05) is 31.7 Å². The van der Waals surface area contributed by atoms with E-state index in [1.807, 2.05) is 25.2 Å². The summed E-state index contributed by atoms with van der Waals surface area (Å²) in [6, 6.07) is 7.78. The number of cyclic esters (lactones) is 1. The zero-order chi connectivity index (χ0) is 28.2. The molecule has 9 atom stereocenters. The van der Waals surface area contributed by atoms with Crippen LogP contribution in [0.2, 0.25) is 0 Å². The van der Waals surface area contributed by atoms with Gasteiger partial charge in [-0.1, -0.05) is 50.6 Å². The van der Waals surface area contributed by atoms with Crippen molar-refractivity contribution in [3.63, 3.8) is 0 Å². The van der Waals surface area contributed by atoms with Crippen LogP contribution < -0.4 is 4.90 Å². The van der Waals surface area contributed by atoms with Gasteiger partial charge in [0.25, 0.3) is 5.91 Å². The van der Waals surface area contributed by atoms with Crippen LogP contribution in [0.5, 0.6) is 0 Å². The molecule has 5 fully saturated rings. The van der Waals surface area contributed by atoms with Gasteiger partial charge in [-0.15, -0.1) is 0 Å². The lowest BCUT2D eigenvalue weighted by atomic mass is 9.45. The van der Waals surface area contributed by atoms with Gasteiger partial charge in [0.2, 0.25) is 0 Å². The predicted molar refractivity (Wildman–Crippen MR) is 151 cm³/mol. The average Bonchev–Trinajstić information content (AvgIpc) is 3.65. The van der Waals surface area contributed by atoms with Gasteiger partial charge in [-0.3, -0.25) is 14.5 Å². The maximum Gasteiger partial charge on any atom is 0.316 e. The number of carbonyl (C=O) groups excluding carboxylic acids is 2. The second-order valence-corrected chi connectivity index (χ2v) is 14.3. The summed E-state index contributed by atoms with van der Waals surface area (Å²) in [6.07, 6.45) is 6.26. The van der Waals surface area contributed by atoms with Crippen molar-refractivity contribution in [2.45, 2.75) is 82.9 Å². The van der Waals surface area contributed by atoms with Crippen LogP contribution in [0.4, 0.5) is 5.69 Å². The first kappa shape index (κ1) is 26.7. The summed E-state index contributed by atoms with van der Waals surface area (Å²) in [5.41, 5.74) is 0.567. The fourth-order valence-corrected chi connectivity index (χ4v) is 11.2. The summed E-state index contributed by atoms with van der Waals surface area (Å²) in [7, 11) is 1.84. The van der Waals surface area contributed by atoms with Gasteiger partial charge < -0.3 is 19.8 Å². The Morgan fingerprint density at radius 2 is 1.90 bits per heavy atom. The molecule has 2 spiro atoms. The summed E-state index contributed by atoms with van der Waals surface area (Å²) in [5, 5.41) is 22.3. The molecule has 7 heteroatoms. The van der Waals surface area contributed by atoms with Crippen LogP contribution in [0.25, 0.3) is 0 Å². The number of anilines is 1. The van der Waals surface area contributed by atoms with Crippen molar-refractivity contribution in [2.24, 2.45) is 34.0 Å². The molecule has 7 rings (SSSR count). The Labute approximate surface area is 237 Å². The fraction of sp³-hybridized carbons (Fsp3) is 0.697. The number of hydrogen-bond acceptors (Lipinski definition) is 6. The number of nitrogens with zero attached hydrogens (tertiary/aromatic N) is 2. The largest absolute Gasteiger partial charge is 0.462 e. The molecule has 2 saturated carbocycles. The number of aliphatic hydroxyl groups is 2. The topological polar surface area (TPSA) is 90.3 Å². The number of ether oxygens (including phenoxy) is 1. The molecule has 6 aliphatic rings. The lowest BCUT2D eigenvalue weighted by Gasteiger charge is -2.59. The number of benzene rings is 1. The van der Waals surface area contributed by atoms with E-state index >= 15 is 0 Å². The van der Waals surface area contributed by atoms with E-state index in [-0.39, 0.29) is 47.9 Å². The van der Waals surface area contributed by atoms with Crippen molar-refractivity contribution in [3.8, 4) is 0 Å². The summed E-state index contributed by atoms with van der Waals surface area (Å²) >= 11 is 0. The monoisotopic (exact) mass is 548 g/mol. The van der Waals surface area contributed by atoms with Gasteiger partial charge in [0.15, 0.2) is 0 Å². The molecule has 40 heavy (non-hydrogen) atoms. The number of likely N-dealkylation sites (N-methyl/N-ethyl adjacent to an activating group) is 1.